The Kier molecular flexibility index (Phi) is 7.11. The smallest absolute Gasteiger partial charge is 0.191 e. The molecule has 4 heterocycles. The van der Waals surface area contributed by atoms with Crippen molar-refractivity contribution < 1.29 is 9.50 Å². The van der Waals surface area contributed by atoms with Gasteiger partial charge in [0, 0.05) is 37.3 Å². The molecule has 1 N–H and O–H groups in total. The molecule has 4 aromatic rings. The van der Waals surface area contributed by atoms with Crippen LogP contribution in [0.25, 0.3) is 16.9 Å². The summed E-state index contributed by atoms with van der Waals surface area (Å²) in [6, 6.07) is 8.81. The fraction of sp³-hybridized carbons (Fsp3) is 0.385. The molecule has 0 bridgehead atoms. The van der Waals surface area contributed by atoms with E-state index in [0.29, 0.717) is 11.5 Å². The van der Waals surface area contributed by atoms with Crippen molar-refractivity contribution in [1.82, 2.24) is 18.7 Å². The van der Waals surface area contributed by atoms with Gasteiger partial charge in [-0.2, -0.15) is 0 Å². The zero-order valence-corrected chi connectivity index (χ0v) is 21.9. The third kappa shape index (κ3) is 4.70. The Balaban J connectivity index is 1.49. The molecule has 5 rings (SSSR count). The first-order valence-corrected chi connectivity index (χ1v) is 14.0. The third-order valence-corrected chi connectivity index (χ3v) is 8.61. The number of piperidine rings is 1. The fourth-order valence-electron chi connectivity index (χ4n) is 4.88. The summed E-state index contributed by atoms with van der Waals surface area (Å²) < 4.78 is 18.3. The first kappa shape index (κ1) is 24.2. The molecular weight excluding hydrogens is 481 g/mol. The number of rotatable bonds is 7. The monoisotopic (exact) mass is 511 g/mol. The van der Waals surface area contributed by atoms with Crippen LogP contribution in [0.4, 0.5) is 15.3 Å². The Morgan fingerprint density at radius 1 is 1.20 bits per heavy atom. The van der Waals surface area contributed by atoms with Gasteiger partial charge in [0.25, 0.3) is 0 Å². The molecule has 0 spiro atoms. The summed E-state index contributed by atoms with van der Waals surface area (Å²) in [7, 11) is 2.02. The summed E-state index contributed by atoms with van der Waals surface area (Å²) in [5, 5.41) is 12.5. The number of fused-ring (bicyclic) bond motifs is 1. The maximum Gasteiger partial charge on any atom is 0.191 e. The standard InChI is InChI=1S/C26H30FN5OS2/c1-4-22-25(30(2)26-29-23(16-35-26)21-7-6-20(27)13-19(21)15-33)32-14-18(5-8-24(32)28-22)17-9-11-31(34-3)12-10-17/h5-8,13-14,16-17,33H,4,9-12,15H2,1-3H3. The minimum Gasteiger partial charge on any atom is -0.392 e. The molecule has 35 heavy (non-hydrogen) atoms. The highest BCUT2D eigenvalue weighted by molar-refractivity contribution is 7.96. The van der Waals surface area contributed by atoms with Crippen LogP contribution in [0.5, 0.6) is 0 Å². The molecule has 0 radical (unpaired) electrons. The van der Waals surface area contributed by atoms with Gasteiger partial charge >= 0.3 is 0 Å². The normalized spacial score (nSPS) is 15.2. The molecule has 6 nitrogen and oxygen atoms in total. The molecule has 9 heteroatoms. The average Bonchev–Trinajstić information content (AvgIpc) is 3.53. The topological polar surface area (TPSA) is 56.9 Å². The predicted molar refractivity (Wildman–Crippen MR) is 143 cm³/mol. The zero-order chi connectivity index (χ0) is 24.5. The lowest BCUT2D eigenvalue weighted by Gasteiger charge is -2.30. The second-order valence-electron chi connectivity index (χ2n) is 8.85. The van der Waals surface area contributed by atoms with Crippen molar-refractivity contribution in [1.29, 1.82) is 0 Å². The van der Waals surface area contributed by atoms with Crippen LogP contribution in [0.3, 0.4) is 0 Å². The highest BCUT2D eigenvalue weighted by Crippen LogP contribution is 2.36. The Hall–Kier alpha value is -2.46. The Bertz CT molecular complexity index is 1330. The summed E-state index contributed by atoms with van der Waals surface area (Å²) in [5.41, 5.74) is 5.33. The van der Waals surface area contributed by atoms with Crippen molar-refractivity contribution >= 4 is 39.9 Å². The zero-order valence-electron chi connectivity index (χ0n) is 20.2. The maximum absolute atomic E-state index is 13.7. The van der Waals surface area contributed by atoms with Crippen molar-refractivity contribution in [3.63, 3.8) is 0 Å². The summed E-state index contributed by atoms with van der Waals surface area (Å²) in [5.74, 6) is 1.21. The van der Waals surface area contributed by atoms with E-state index >= 15 is 0 Å². The number of hydrogen-bond acceptors (Lipinski definition) is 7. The molecule has 1 aliphatic heterocycles. The van der Waals surface area contributed by atoms with Crippen molar-refractivity contribution in [2.45, 2.75) is 38.7 Å². The largest absolute Gasteiger partial charge is 0.392 e. The average molecular weight is 512 g/mol. The fourth-order valence-corrected chi connectivity index (χ4v) is 6.25. The minimum absolute atomic E-state index is 0.234. The van der Waals surface area contributed by atoms with Gasteiger partial charge in [0.15, 0.2) is 5.13 Å². The van der Waals surface area contributed by atoms with E-state index in [1.54, 1.807) is 6.07 Å². The number of benzene rings is 1. The second-order valence-corrected chi connectivity index (χ2v) is 10.6. The van der Waals surface area contributed by atoms with Crippen LogP contribution in [-0.2, 0) is 13.0 Å². The van der Waals surface area contributed by atoms with Crippen LogP contribution in [0.2, 0.25) is 0 Å². The lowest BCUT2D eigenvalue weighted by molar-refractivity contribution is 0.281. The third-order valence-electron chi connectivity index (χ3n) is 6.81. The van der Waals surface area contributed by atoms with Crippen molar-refractivity contribution in [3.05, 3.63) is 64.5 Å². The lowest BCUT2D eigenvalue weighted by Crippen LogP contribution is -2.27. The summed E-state index contributed by atoms with van der Waals surface area (Å²) in [6.07, 6.45) is 7.54. The first-order valence-electron chi connectivity index (χ1n) is 11.9. The van der Waals surface area contributed by atoms with Crippen LogP contribution in [0.1, 0.15) is 42.5 Å². The van der Waals surface area contributed by atoms with Gasteiger partial charge in [0.1, 0.15) is 17.3 Å². The Labute approximate surface area is 213 Å². The van der Waals surface area contributed by atoms with Crippen molar-refractivity contribution in [2.24, 2.45) is 0 Å². The number of thiazole rings is 1. The van der Waals surface area contributed by atoms with Gasteiger partial charge in [-0.15, -0.1) is 11.3 Å². The number of nitrogens with zero attached hydrogens (tertiary/aromatic N) is 5. The summed E-state index contributed by atoms with van der Waals surface area (Å²) in [6.45, 7) is 4.11. The molecule has 0 amide bonds. The van der Waals surface area contributed by atoms with Crippen molar-refractivity contribution in [2.75, 3.05) is 31.3 Å². The number of anilines is 2. The number of pyridine rings is 1. The van der Waals surface area contributed by atoms with Crippen LogP contribution in [0.15, 0.2) is 41.9 Å². The SMILES string of the molecule is CCc1nc2ccc(C3CCN(SC)CC3)cn2c1N(C)c1nc(-c2ccc(F)cc2CO)cs1. The maximum atomic E-state index is 13.7. The van der Waals surface area contributed by atoms with Gasteiger partial charge in [-0.3, -0.25) is 8.71 Å². The van der Waals surface area contributed by atoms with E-state index in [4.69, 9.17) is 9.97 Å². The number of imidazole rings is 1. The number of aryl methyl sites for hydroxylation is 1. The molecule has 1 aromatic carbocycles. The Morgan fingerprint density at radius 2 is 2.00 bits per heavy atom. The molecule has 3 aromatic heterocycles. The number of aliphatic hydroxyl groups is 1. The van der Waals surface area contributed by atoms with Gasteiger partial charge in [-0.25, -0.2) is 14.4 Å². The molecule has 0 saturated carbocycles. The van der Waals surface area contributed by atoms with E-state index in [2.05, 4.69) is 45.1 Å². The molecule has 184 valence electrons. The van der Waals surface area contributed by atoms with Gasteiger partial charge in [-0.1, -0.05) is 24.9 Å². The van der Waals surface area contributed by atoms with E-state index in [0.717, 1.165) is 65.9 Å². The van der Waals surface area contributed by atoms with E-state index in [9.17, 15) is 9.50 Å². The summed E-state index contributed by atoms with van der Waals surface area (Å²) in [4.78, 5) is 11.8. The quantitative estimate of drug-likeness (QED) is 0.313. The highest BCUT2D eigenvalue weighted by Gasteiger charge is 2.23. The van der Waals surface area contributed by atoms with Crippen LogP contribution >= 0.6 is 23.3 Å². The lowest BCUT2D eigenvalue weighted by atomic mass is 9.91. The van der Waals surface area contributed by atoms with Crippen LogP contribution in [-0.4, -0.2) is 50.2 Å². The highest BCUT2D eigenvalue weighted by atomic mass is 32.2. The number of halogens is 1. The van der Waals surface area contributed by atoms with E-state index in [1.807, 2.05) is 24.4 Å². The van der Waals surface area contributed by atoms with Gasteiger partial charge in [-0.05, 0) is 66.8 Å². The van der Waals surface area contributed by atoms with E-state index in [-0.39, 0.29) is 12.4 Å². The van der Waals surface area contributed by atoms with Crippen LogP contribution in [0, 0.1) is 5.82 Å². The van der Waals surface area contributed by atoms with Gasteiger partial charge < -0.3 is 10.0 Å². The molecule has 0 atom stereocenters. The Morgan fingerprint density at radius 3 is 2.71 bits per heavy atom. The number of hydrogen-bond donors (Lipinski definition) is 1. The van der Waals surface area contributed by atoms with Crippen molar-refractivity contribution in [3.8, 4) is 11.3 Å². The van der Waals surface area contributed by atoms with E-state index in [1.165, 1.54) is 29.0 Å². The number of aromatic nitrogens is 3. The molecule has 1 aliphatic rings. The van der Waals surface area contributed by atoms with E-state index < -0.39 is 0 Å². The van der Waals surface area contributed by atoms with Gasteiger partial charge in [0.2, 0.25) is 0 Å². The molecule has 0 unspecified atom stereocenters. The number of aliphatic hydroxyl groups excluding tert-OH is 1. The molecule has 1 saturated heterocycles. The molecule has 1 fully saturated rings. The minimum atomic E-state index is -0.362. The molecule has 0 aliphatic carbocycles. The predicted octanol–water partition coefficient (Wildman–Crippen LogP) is 5.88. The summed E-state index contributed by atoms with van der Waals surface area (Å²) >= 11 is 3.36. The first-order chi connectivity index (χ1) is 17.0. The molecular formula is C26H30FN5OS2. The van der Waals surface area contributed by atoms with Gasteiger partial charge in [0.05, 0.1) is 18.0 Å². The van der Waals surface area contributed by atoms with Crippen LogP contribution < -0.4 is 4.90 Å². The second kappa shape index (κ2) is 10.3.